The quantitative estimate of drug-likeness (QED) is 0.773. The lowest BCUT2D eigenvalue weighted by molar-refractivity contribution is 0.628. The van der Waals surface area contributed by atoms with Crippen LogP contribution in [-0.2, 0) is 5.75 Å². The third-order valence-electron chi connectivity index (χ3n) is 1.88. The molecule has 0 aliphatic rings. The first-order valence-electron chi connectivity index (χ1n) is 4.10. The van der Waals surface area contributed by atoms with Crippen molar-refractivity contribution in [3.8, 4) is 11.3 Å². The number of thiazole rings is 1. The number of aromatic nitrogens is 1. The zero-order valence-electron chi connectivity index (χ0n) is 7.27. The van der Waals surface area contributed by atoms with Gasteiger partial charge in [-0.3, -0.25) is 0 Å². The summed E-state index contributed by atoms with van der Waals surface area (Å²) in [4.78, 5) is 5.27. The molecule has 72 valence electrons. The first-order valence-corrected chi connectivity index (χ1v) is 5.61. The molecule has 0 spiro atoms. The predicted molar refractivity (Wildman–Crippen MR) is 60.2 cm³/mol. The molecule has 4 heteroatoms. The third kappa shape index (κ3) is 1.81. The zero-order valence-corrected chi connectivity index (χ0v) is 8.99. The Hall–Kier alpha value is -0.870. The van der Waals surface area contributed by atoms with E-state index in [1.54, 1.807) is 22.9 Å². The fourth-order valence-corrected chi connectivity index (χ4v) is 2.27. The number of hydrogen-bond donors (Lipinski definition) is 1. The zero-order chi connectivity index (χ0) is 9.97. The summed E-state index contributed by atoms with van der Waals surface area (Å²) in [6.07, 6.45) is 0. The predicted octanol–water partition coefficient (Wildman–Crippen LogP) is 3.38. The van der Waals surface area contributed by atoms with Crippen LogP contribution in [-0.4, -0.2) is 4.98 Å². The summed E-state index contributed by atoms with van der Waals surface area (Å²) in [7, 11) is 0. The summed E-state index contributed by atoms with van der Waals surface area (Å²) >= 11 is 5.74. The van der Waals surface area contributed by atoms with Gasteiger partial charge in [0.1, 0.15) is 5.82 Å². The van der Waals surface area contributed by atoms with E-state index in [0.717, 1.165) is 16.1 Å². The lowest BCUT2D eigenvalue weighted by Crippen LogP contribution is -1.83. The molecule has 0 N–H and O–H groups in total. The highest BCUT2D eigenvalue weighted by molar-refractivity contribution is 7.79. The lowest BCUT2D eigenvalue weighted by Gasteiger charge is -1.99. The molecule has 0 atom stereocenters. The topological polar surface area (TPSA) is 12.9 Å². The van der Waals surface area contributed by atoms with Gasteiger partial charge in [0.05, 0.1) is 11.2 Å². The Morgan fingerprint density at radius 3 is 3.00 bits per heavy atom. The number of thiol groups is 1. The number of nitrogens with zero attached hydrogens (tertiary/aromatic N) is 1. The average Bonchev–Trinajstić information content (AvgIpc) is 2.65. The van der Waals surface area contributed by atoms with Crippen molar-refractivity contribution in [1.29, 1.82) is 0 Å². The molecule has 0 fully saturated rings. The van der Waals surface area contributed by atoms with E-state index in [2.05, 4.69) is 17.6 Å². The fraction of sp³-hybridized carbons (Fsp3) is 0.100. The molecule has 1 aromatic carbocycles. The van der Waals surface area contributed by atoms with Crippen molar-refractivity contribution in [3.63, 3.8) is 0 Å². The second kappa shape index (κ2) is 4.11. The van der Waals surface area contributed by atoms with Crippen LogP contribution < -0.4 is 0 Å². The second-order valence-corrected chi connectivity index (χ2v) is 4.05. The van der Waals surface area contributed by atoms with Crippen LogP contribution in [0.1, 0.15) is 4.88 Å². The number of benzene rings is 1. The van der Waals surface area contributed by atoms with Gasteiger partial charge in [0, 0.05) is 16.2 Å². The summed E-state index contributed by atoms with van der Waals surface area (Å²) in [6.45, 7) is 0. The minimum absolute atomic E-state index is 0.236. The van der Waals surface area contributed by atoms with E-state index in [1.165, 1.54) is 12.1 Å². The first kappa shape index (κ1) is 9.68. The Kier molecular flexibility index (Phi) is 2.84. The van der Waals surface area contributed by atoms with Crippen LogP contribution in [0, 0.1) is 5.82 Å². The molecule has 0 aliphatic heterocycles. The maximum Gasteiger partial charge on any atom is 0.123 e. The Bertz CT molecular complexity index is 439. The molecule has 0 aliphatic carbocycles. The molecule has 1 aromatic heterocycles. The summed E-state index contributed by atoms with van der Waals surface area (Å²) in [5.41, 5.74) is 3.41. The smallest absolute Gasteiger partial charge is 0.123 e. The highest BCUT2D eigenvalue weighted by Crippen LogP contribution is 2.26. The monoisotopic (exact) mass is 225 g/mol. The molecular formula is C10H8FNS2. The van der Waals surface area contributed by atoms with E-state index in [0.29, 0.717) is 5.75 Å². The van der Waals surface area contributed by atoms with Crippen LogP contribution in [0.5, 0.6) is 0 Å². The van der Waals surface area contributed by atoms with Gasteiger partial charge in [0.2, 0.25) is 0 Å². The maximum absolute atomic E-state index is 13.0. The van der Waals surface area contributed by atoms with Gasteiger partial charge in [0.25, 0.3) is 0 Å². The molecule has 0 radical (unpaired) electrons. The molecule has 1 nitrogen and oxygen atoms in total. The Labute approximate surface area is 91.0 Å². The third-order valence-corrected chi connectivity index (χ3v) is 3.25. The van der Waals surface area contributed by atoms with E-state index in [1.807, 2.05) is 6.07 Å². The minimum Gasteiger partial charge on any atom is -0.244 e. The van der Waals surface area contributed by atoms with E-state index < -0.39 is 0 Å². The van der Waals surface area contributed by atoms with Gasteiger partial charge in [-0.25, -0.2) is 9.37 Å². The summed E-state index contributed by atoms with van der Waals surface area (Å²) in [5.74, 6) is 0.400. The number of rotatable bonds is 2. The Morgan fingerprint density at radius 1 is 1.43 bits per heavy atom. The van der Waals surface area contributed by atoms with E-state index in [4.69, 9.17) is 0 Å². The van der Waals surface area contributed by atoms with Crippen molar-refractivity contribution in [3.05, 3.63) is 40.5 Å². The summed E-state index contributed by atoms with van der Waals surface area (Å²) in [6, 6.07) is 6.45. The molecule has 0 saturated heterocycles. The van der Waals surface area contributed by atoms with E-state index in [-0.39, 0.29) is 5.82 Å². The maximum atomic E-state index is 13.0. The van der Waals surface area contributed by atoms with Crippen LogP contribution in [0.25, 0.3) is 11.3 Å². The van der Waals surface area contributed by atoms with Crippen molar-refractivity contribution < 1.29 is 4.39 Å². The van der Waals surface area contributed by atoms with Gasteiger partial charge < -0.3 is 0 Å². The van der Waals surface area contributed by atoms with Gasteiger partial charge in [-0.15, -0.1) is 11.3 Å². The molecule has 0 unspecified atom stereocenters. The van der Waals surface area contributed by atoms with Gasteiger partial charge in [-0.1, -0.05) is 12.1 Å². The average molecular weight is 225 g/mol. The SMILES string of the molecule is Fc1cccc(-c2ncsc2CS)c1. The van der Waals surface area contributed by atoms with Gasteiger partial charge in [-0.05, 0) is 12.1 Å². The number of halogens is 1. The van der Waals surface area contributed by atoms with Gasteiger partial charge >= 0.3 is 0 Å². The van der Waals surface area contributed by atoms with Gasteiger partial charge in [-0.2, -0.15) is 12.6 Å². The summed E-state index contributed by atoms with van der Waals surface area (Å²) < 4.78 is 13.0. The Balaban J connectivity index is 2.49. The normalized spacial score (nSPS) is 10.4. The van der Waals surface area contributed by atoms with Crippen LogP contribution in [0.15, 0.2) is 29.8 Å². The second-order valence-electron chi connectivity index (χ2n) is 2.79. The molecule has 0 bridgehead atoms. The summed E-state index contributed by atoms with van der Waals surface area (Å²) in [5, 5.41) is 0. The van der Waals surface area contributed by atoms with Crippen molar-refractivity contribution in [2.45, 2.75) is 5.75 Å². The van der Waals surface area contributed by atoms with E-state index in [9.17, 15) is 4.39 Å². The Morgan fingerprint density at radius 2 is 2.29 bits per heavy atom. The van der Waals surface area contributed by atoms with Crippen molar-refractivity contribution in [2.24, 2.45) is 0 Å². The van der Waals surface area contributed by atoms with Crippen molar-refractivity contribution in [2.75, 3.05) is 0 Å². The standard InChI is InChI=1S/C10H8FNS2/c11-8-3-1-2-7(4-8)10-9(5-13)14-6-12-10/h1-4,6,13H,5H2. The highest BCUT2D eigenvalue weighted by Gasteiger charge is 2.07. The van der Waals surface area contributed by atoms with E-state index >= 15 is 0 Å². The molecule has 2 aromatic rings. The molecule has 1 heterocycles. The molecule has 0 amide bonds. The van der Waals surface area contributed by atoms with Crippen LogP contribution >= 0.6 is 24.0 Å². The largest absolute Gasteiger partial charge is 0.244 e. The van der Waals surface area contributed by atoms with Gasteiger partial charge in [0.15, 0.2) is 0 Å². The molecule has 0 saturated carbocycles. The lowest BCUT2D eigenvalue weighted by atomic mass is 10.1. The van der Waals surface area contributed by atoms with Crippen LogP contribution in [0.2, 0.25) is 0 Å². The fourth-order valence-electron chi connectivity index (χ4n) is 1.25. The van der Waals surface area contributed by atoms with Crippen molar-refractivity contribution >= 4 is 24.0 Å². The molecule has 14 heavy (non-hydrogen) atoms. The molecule has 2 rings (SSSR count). The highest BCUT2D eigenvalue weighted by atomic mass is 32.1. The number of hydrogen-bond acceptors (Lipinski definition) is 3. The van der Waals surface area contributed by atoms with Crippen LogP contribution in [0.4, 0.5) is 4.39 Å². The first-order chi connectivity index (χ1) is 6.81. The molecular weight excluding hydrogens is 217 g/mol. The van der Waals surface area contributed by atoms with Crippen molar-refractivity contribution in [1.82, 2.24) is 4.98 Å². The van der Waals surface area contributed by atoms with Crippen LogP contribution in [0.3, 0.4) is 0 Å². The minimum atomic E-state index is -0.236.